The Balaban J connectivity index is -0.000000310. The lowest BCUT2D eigenvalue weighted by molar-refractivity contribution is -0.450. The average molecular weight is 485 g/mol. The van der Waals surface area contributed by atoms with Crippen LogP contribution in [0.15, 0.2) is 61.4 Å². The van der Waals surface area contributed by atoms with Gasteiger partial charge in [-0.2, -0.15) is 20.4 Å². The van der Waals surface area contributed by atoms with E-state index in [9.17, 15) is 0 Å². The molecule has 0 bridgehead atoms. The van der Waals surface area contributed by atoms with E-state index in [4.69, 9.17) is 26.6 Å². The first-order valence-electron chi connectivity index (χ1n) is 7.85. The fraction of sp³-hybridized carbons (Fsp3) is 0.188. The zero-order valence-electron chi connectivity index (χ0n) is 15.9. The molecule has 0 aliphatic heterocycles. The number of aromatic nitrogens is 8. The van der Waals surface area contributed by atoms with E-state index >= 15 is 0 Å². The summed E-state index contributed by atoms with van der Waals surface area (Å²) < 4.78 is 1.43. The van der Waals surface area contributed by atoms with Gasteiger partial charge in [0.05, 0.1) is 18.2 Å². The lowest BCUT2D eigenvalue weighted by Gasteiger charge is -1.87. The number of H-pyrrole nitrogens is 5. The van der Waals surface area contributed by atoms with Gasteiger partial charge in [0.15, 0.2) is 12.4 Å². The van der Waals surface area contributed by atoms with Crippen LogP contribution in [0.25, 0.3) is 0 Å². The SMILES string of the molecule is C=O.Cl.ClCc1cc[nH+][nH]1.OCc1cc[nH+][nH]1.OCn1cccn1.[Cl-].c1cn[nH]c1. The van der Waals surface area contributed by atoms with E-state index < -0.39 is 0 Å². The van der Waals surface area contributed by atoms with E-state index in [2.05, 4.69) is 35.7 Å². The van der Waals surface area contributed by atoms with Gasteiger partial charge in [-0.05, 0) is 12.1 Å². The molecule has 4 aromatic heterocycles. The Hall–Kier alpha value is -2.70. The van der Waals surface area contributed by atoms with Gasteiger partial charge in [0.2, 0.25) is 0 Å². The topological polar surface area (TPSA) is 164 Å². The third-order valence-corrected chi connectivity index (χ3v) is 2.91. The molecule has 14 heteroatoms. The minimum absolute atomic E-state index is 0. The summed E-state index contributed by atoms with van der Waals surface area (Å²) in [6.45, 7) is 2.04. The van der Waals surface area contributed by atoms with E-state index in [1.807, 2.05) is 18.9 Å². The number of aliphatic hydroxyl groups is 2. The molecule has 0 atom stereocenters. The summed E-state index contributed by atoms with van der Waals surface area (Å²) in [4.78, 5) is 8.00. The fourth-order valence-corrected chi connectivity index (χ4v) is 1.56. The van der Waals surface area contributed by atoms with Crippen LogP contribution in [0.5, 0.6) is 0 Å². The molecular weight excluding hydrogens is 459 g/mol. The van der Waals surface area contributed by atoms with Crippen LogP contribution in [0.4, 0.5) is 0 Å². The van der Waals surface area contributed by atoms with Crippen LogP contribution in [0.1, 0.15) is 11.4 Å². The van der Waals surface area contributed by atoms with Crippen molar-refractivity contribution in [2.75, 3.05) is 0 Å². The standard InChI is InChI=1S/C4H5ClN2.2C4H6N2O.C3H4N2.CH2O.2ClH/c5-3-4-1-2-6-7-4;7-3-4-1-2-5-6-4;7-4-6-3-1-2-5-6;1-2-4-5-3-1;1-2;;/h1-2H,3H2,(H,6,7);1-2,7H,3H2,(H,5,6);1-3,7H,4H2;1-3H,(H,4,5);1H2;2*1H/p+1. The van der Waals surface area contributed by atoms with Crippen molar-refractivity contribution in [3.63, 3.8) is 0 Å². The Morgan fingerprint density at radius 3 is 1.90 bits per heavy atom. The molecule has 0 radical (unpaired) electrons. The maximum absolute atomic E-state index is 8.38. The maximum Gasteiger partial charge on any atom is 0.193 e. The molecule has 11 nitrogen and oxygen atoms in total. The molecule has 0 aromatic carbocycles. The Labute approximate surface area is 190 Å². The van der Waals surface area contributed by atoms with Crippen LogP contribution in [0.2, 0.25) is 0 Å². The lowest BCUT2D eigenvalue weighted by Crippen LogP contribution is -3.00. The predicted molar refractivity (Wildman–Crippen MR) is 108 cm³/mol. The molecule has 0 aliphatic carbocycles. The van der Waals surface area contributed by atoms with E-state index in [0.29, 0.717) is 5.88 Å². The molecule has 4 rings (SSSR count). The van der Waals surface area contributed by atoms with Crippen molar-refractivity contribution in [2.45, 2.75) is 19.2 Å². The minimum Gasteiger partial charge on any atom is -1.00 e. The fourth-order valence-electron chi connectivity index (χ4n) is 1.41. The van der Waals surface area contributed by atoms with Crippen molar-refractivity contribution in [3.05, 3.63) is 72.8 Å². The number of hydrogen-bond acceptors (Lipinski definition) is 5. The van der Waals surface area contributed by atoms with E-state index in [1.165, 1.54) is 4.68 Å². The molecule has 0 saturated carbocycles. The van der Waals surface area contributed by atoms with Crippen LogP contribution in [0.3, 0.4) is 0 Å². The molecule has 168 valence electrons. The summed E-state index contributed by atoms with van der Waals surface area (Å²) in [7, 11) is 0. The number of aliphatic hydroxyl groups excluding tert-OH is 2. The number of carbonyl (C=O) groups excluding carboxylic acids is 1. The molecule has 7 N–H and O–H groups in total. The summed E-state index contributed by atoms with van der Waals surface area (Å²) in [6.07, 6.45) is 10.3. The molecule has 0 unspecified atom stereocenters. The number of halogens is 3. The molecular formula is C16H26Cl3N8O3+. The van der Waals surface area contributed by atoms with Gasteiger partial charge in [0, 0.05) is 36.9 Å². The zero-order chi connectivity index (χ0) is 20.9. The van der Waals surface area contributed by atoms with Crippen LogP contribution in [0, 0.1) is 0 Å². The van der Waals surface area contributed by atoms with Gasteiger partial charge in [-0.25, -0.2) is 4.68 Å². The molecule has 0 amide bonds. The number of nitrogens with zero attached hydrogens (tertiary/aromatic N) is 3. The van der Waals surface area contributed by atoms with Gasteiger partial charge in [0.1, 0.15) is 19.2 Å². The molecule has 4 aromatic rings. The molecule has 30 heavy (non-hydrogen) atoms. The molecule has 0 saturated heterocycles. The Bertz CT molecular complexity index is 640. The first-order valence-corrected chi connectivity index (χ1v) is 8.39. The number of carbonyl (C=O) groups is 1. The summed E-state index contributed by atoms with van der Waals surface area (Å²) in [5, 5.41) is 37.6. The third-order valence-electron chi connectivity index (χ3n) is 2.63. The van der Waals surface area contributed by atoms with Crippen molar-refractivity contribution in [2.24, 2.45) is 0 Å². The van der Waals surface area contributed by atoms with Crippen LogP contribution in [-0.2, 0) is 24.0 Å². The second-order valence-corrected chi connectivity index (χ2v) is 4.77. The van der Waals surface area contributed by atoms with Crippen LogP contribution < -0.4 is 22.6 Å². The summed E-state index contributed by atoms with van der Waals surface area (Å²) in [5.41, 5.74) is 1.82. The largest absolute Gasteiger partial charge is 1.00 e. The van der Waals surface area contributed by atoms with Crippen molar-refractivity contribution in [1.29, 1.82) is 0 Å². The van der Waals surface area contributed by atoms with E-state index in [0.717, 1.165) is 11.4 Å². The maximum atomic E-state index is 8.38. The van der Waals surface area contributed by atoms with Crippen LogP contribution in [-0.4, -0.2) is 47.2 Å². The highest BCUT2D eigenvalue weighted by molar-refractivity contribution is 6.16. The van der Waals surface area contributed by atoms with Crippen molar-refractivity contribution >= 4 is 30.8 Å². The Morgan fingerprint density at radius 2 is 1.70 bits per heavy atom. The van der Waals surface area contributed by atoms with Gasteiger partial charge < -0.3 is 27.4 Å². The molecule has 0 spiro atoms. The number of nitrogens with one attached hydrogen (secondary N) is 5. The molecule has 0 aliphatic rings. The number of rotatable bonds is 3. The van der Waals surface area contributed by atoms with Crippen molar-refractivity contribution in [3.8, 4) is 0 Å². The van der Waals surface area contributed by atoms with E-state index in [1.54, 1.807) is 49.3 Å². The van der Waals surface area contributed by atoms with Crippen molar-refractivity contribution < 1.29 is 37.6 Å². The summed E-state index contributed by atoms with van der Waals surface area (Å²) >= 11 is 5.42. The summed E-state index contributed by atoms with van der Waals surface area (Å²) in [6, 6.07) is 7.27. The second-order valence-electron chi connectivity index (χ2n) is 4.50. The Kier molecular flexibility index (Phi) is 25.9. The highest BCUT2D eigenvalue weighted by Crippen LogP contribution is 1.92. The van der Waals surface area contributed by atoms with Crippen LogP contribution >= 0.6 is 24.0 Å². The predicted octanol–water partition coefficient (Wildman–Crippen LogP) is -2.63. The zero-order valence-corrected chi connectivity index (χ0v) is 18.2. The summed E-state index contributed by atoms with van der Waals surface area (Å²) in [5.74, 6) is 0.545. The average Bonchev–Trinajstić information content (AvgIpc) is 3.60. The molecule has 4 heterocycles. The lowest BCUT2D eigenvalue weighted by atomic mass is 10.5. The van der Waals surface area contributed by atoms with Gasteiger partial charge in [-0.3, -0.25) is 5.10 Å². The normalized spacial score (nSPS) is 7.97. The van der Waals surface area contributed by atoms with Gasteiger partial charge in [0.25, 0.3) is 0 Å². The number of alkyl halides is 1. The smallest absolute Gasteiger partial charge is 0.193 e. The molecule has 0 fully saturated rings. The van der Waals surface area contributed by atoms with Gasteiger partial charge in [-0.1, -0.05) is 0 Å². The van der Waals surface area contributed by atoms with Gasteiger partial charge >= 0.3 is 0 Å². The monoisotopic (exact) mass is 483 g/mol. The minimum atomic E-state index is -0.0347. The second kappa shape index (κ2) is 24.3. The number of aromatic amines is 5. The Morgan fingerprint density at radius 1 is 1.07 bits per heavy atom. The highest BCUT2D eigenvalue weighted by Gasteiger charge is 1.89. The van der Waals surface area contributed by atoms with Gasteiger partial charge in [-0.15, -0.1) is 34.2 Å². The highest BCUT2D eigenvalue weighted by atomic mass is 35.5. The van der Waals surface area contributed by atoms with E-state index in [-0.39, 0.29) is 38.2 Å². The quantitative estimate of drug-likeness (QED) is 0.201. The number of hydrogen-bond donors (Lipinski definition) is 5. The first-order chi connectivity index (χ1) is 13.8. The van der Waals surface area contributed by atoms with Crippen molar-refractivity contribution in [1.82, 2.24) is 30.2 Å². The third kappa shape index (κ3) is 17.4. The first kappa shape index (κ1) is 32.0.